The van der Waals surface area contributed by atoms with Crippen LogP contribution >= 0.6 is 0 Å². The number of H-pyrrole nitrogens is 2. The number of pyridine rings is 1. The van der Waals surface area contributed by atoms with Crippen molar-refractivity contribution in [1.29, 1.82) is 0 Å². The van der Waals surface area contributed by atoms with Crippen molar-refractivity contribution < 1.29 is 0 Å². The molecule has 226 valence electrons. The van der Waals surface area contributed by atoms with Gasteiger partial charge in [0.2, 0.25) is 0 Å². The summed E-state index contributed by atoms with van der Waals surface area (Å²) in [5, 5.41) is 7.17. The molecule has 3 saturated heterocycles. The van der Waals surface area contributed by atoms with E-state index in [4.69, 9.17) is 9.97 Å². The number of aromatic amines is 2. The van der Waals surface area contributed by atoms with Gasteiger partial charge in [-0.3, -0.25) is 4.98 Å². The highest BCUT2D eigenvalue weighted by Gasteiger charge is 2.36. The predicted octanol–water partition coefficient (Wildman–Crippen LogP) is 7.43. The molecule has 3 aliphatic heterocycles. The van der Waals surface area contributed by atoms with Gasteiger partial charge >= 0.3 is 0 Å². The fourth-order valence-corrected chi connectivity index (χ4v) is 7.84. The Morgan fingerprint density at radius 3 is 1.73 bits per heavy atom. The summed E-state index contributed by atoms with van der Waals surface area (Å²) in [6.07, 6.45) is 8.68. The maximum absolute atomic E-state index is 4.95. The zero-order chi connectivity index (χ0) is 29.7. The van der Waals surface area contributed by atoms with Gasteiger partial charge in [-0.15, -0.1) is 0 Å². The molecule has 8 heteroatoms. The molecule has 45 heavy (non-hydrogen) atoms. The molecule has 0 saturated carbocycles. The summed E-state index contributed by atoms with van der Waals surface area (Å²) in [5.41, 5.74) is 10.3. The monoisotopic (exact) mass is 594 g/mol. The summed E-state index contributed by atoms with van der Waals surface area (Å²) in [4.78, 5) is 24.4. The van der Waals surface area contributed by atoms with Gasteiger partial charge in [0.1, 0.15) is 11.6 Å². The molecule has 3 aromatic carbocycles. The van der Waals surface area contributed by atoms with Crippen molar-refractivity contribution in [2.45, 2.75) is 62.7 Å². The lowest BCUT2D eigenvalue weighted by Gasteiger charge is -2.33. The minimum atomic E-state index is 0.243. The second kappa shape index (κ2) is 11.1. The number of hydrogen-bond donors (Lipinski definition) is 4. The van der Waals surface area contributed by atoms with Gasteiger partial charge in [0.05, 0.1) is 51.9 Å². The lowest BCUT2D eigenvalue weighted by Crippen LogP contribution is -2.26. The first-order chi connectivity index (χ1) is 22.3. The molecule has 0 unspecified atom stereocenters. The number of nitrogens with one attached hydrogen (secondary N) is 4. The third kappa shape index (κ3) is 4.89. The molecule has 8 nitrogen and oxygen atoms in total. The van der Waals surface area contributed by atoms with Gasteiger partial charge in [-0.2, -0.15) is 0 Å². The molecule has 0 spiro atoms. The van der Waals surface area contributed by atoms with Crippen LogP contribution < -0.4 is 15.5 Å². The van der Waals surface area contributed by atoms with E-state index in [1.54, 1.807) is 0 Å². The van der Waals surface area contributed by atoms with Crippen LogP contribution in [-0.2, 0) is 0 Å². The van der Waals surface area contributed by atoms with Crippen LogP contribution in [0.25, 0.3) is 33.3 Å². The van der Waals surface area contributed by atoms with E-state index in [0.29, 0.717) is 12.1 Å². The lowest BCUT2D eigenvalue weighted by atomic mass is 10.0. The molecule has 3 aromatic heterocycles. The molecule has 0 amide bonds. The van der Waals surface area contributed by atoms with Crippen LogP contribution in [0.5, 0.6) is 0 Å². The topological polar surface area (TPSA) is 97.5 Å². The minimum absolute atomic E-state index is 0.243. The van der Waals surface area contributed by atoms with Gasteiger partial charge in [0.15, 0.2) is 0 Å². The van der Waals surface area contributed by atoms with E-state index >= 15 is 0 Å². The molecule has 6 aromatic rings. The molecule has 3 aliphatic rings. The first kappa shape index (κ1) is 26.8. The number of imidazole rings is 2. The number of hydrogen-bond acceptors (Lipinski definition) is 6. The number of aromatic nitrogens is 5. The van der Waals surface area contributed by atoms with Gasteiger partial charge in [0, 0.05) is 17.4 Å². The first-order valence-corrected chi connectivity index (χ1v) is 16.5. The Morgan fingerprint density at radius 2 is 1.22 bits per heavy atom. The first-order valence-electron chi connectivity index (χ1n) is 16.5. The lowest BCUT2D eigenvalue weighted by molar-refractivity contribution is 0.614. The van der Waals surface area contributed by atoms with Crippen molar-refractivity contribution in [3.05, 3.63) is 108 Å². The second-order valence-electron chi connectivity index (χ2n) is 12.9. The van der Waals surface area contributed by atoms with E-state index in [9.17, 15) is 0 Å². The average Bonchev–Trinajstić information content (AvgIpc) is 3.93. The van der Waals surface area contributed by atoms with E-state index in [1.807, 2.05) is 18.3 Å². The third-order valence-electron chi connectivity index (χ3n) is 10.1. The smallest absolute Gasteiger partial charge is 0.124 e. The number of anilines is 1. The van der Waals surface area contributed by atoms with Gasteiger partial charge in [0.25, 0.3) is 0 Å². The van der Waals surface area contributed by atoms with Crippen molar-refractivity contribution in [3.63, 3.8) is 0 Å². The Morgan fingerprint density at radius 1 is 0.622 bits per heavy atom. The molecule has 0 aliphatic carbocycles. The van der Waals surface area contributed by atoms with Crippen molar-refractivity contribution in [2.24, 2.45) is 0 Å². The molecule has 9 rings (SSSR count). The van der Waals surface area contributed by atoms with Crippen molar-refractivity contribution in [2.75, 3.05) is 18.0 Å². The second-order valence-corrected chi connectivity index (χ2v) is 12.9. The molecule has 4 atom stereocenters. The third-order valence-corrected chi connectivity index (χ3v) is 10.1. The van der Waals surface area contributed by atoms with E-state index in [2.05, 4.69) is 97.2 Å². The summed E-state index contributed by atoms with van der Waals surface area (Å²) in [7, 11) is 0. The van der Waals surface area contributed by atoms with E-state index < -0.39 is 0 Å². The predicted molar refractivity (Wildman–Crippen MR) is 179 cm³/mol. The Labute approximate surface area is 262 Å². The van der Waals surface area contributed by atoms with Gasteiger partial charge in [-0.25, -0.2) is 9.97 Å². The fraction of sp³-hybridized carbons (Fsp3) is 0.324. The summed E-state index contributed by atoms with van der Waals surface area (Å²) >= 11 is 0. The van der Waals surface area contributed by atoms with Crippen LogP contribution in [0.4, 0.5) is 5.69 Å². The molecule has 3 fully saturated rings. The molecule has 0 radical (unpaired) electrons. The Hall–Kier alpha value is -4.53. The van der Waals surface area contributed by atoms with Crippen LogP contribution in [0.1, 0.15) is 85.5 Å². The molecule has 4 N–H and O–H groups in total. The Kier molecular flexibility index (Phi) is 6.63. The summed E-state index contributed by atoms with van der Waals surface area (Å²) in [6.45, 7) is 2.13. The molecule has 0 bridgehead atoms. The highest BCUT2D eigenvalue weighted by Crippen LogP contribution is 2.48. The van der Waals surface area contributed by atoms with Gasteiger partial charge in [-0.1, -0.05) is 30.3 Å². The molecular formula is C37H38N8. The van der Waals surface area contributed by atoms with Crippen LogP contribution in [0.2, 0.25) is 0 Å². The van der Waals surface area contributed by atoms with Crippen LogP contribution in [0, 0.1) is 0 Å². The average molecular weight is 595 g/mol. The maximum Gasteiger partial charge on any atom is 0.124 e. The summed E-state index contributed by atoms with van der Waals surface area (Å²) in [5.74, 6) is 2.12. The standard InChI is InChI=1S/C37H38N8/c1-2-18-38-27(5-1)23-8-12-26(13-9-23)45-34(24-10-14-28-32(21-24)43-36(41-28)30-6-3-19-39-30)16-17-35(45)25-11-15-29-33(22-25)44-37(42-29)31-7-4-20-40-31/h1-2,5,8-15,18,21-22,30-31,34-35,39-40H,3-4,6-7,16-17,19-20H2,(H,41,43)(H,42,44)/t30-,31-,34-,35+/m0/s1. The van der Waals surface area contributed by atoms with Gasteiger partial charge in [-0.05, 0) is 111 Å². The highest BCUT2D eigenvalue weighted by atomic mass is 15.2. The van der Waals surface area contributed by atoms with E-state index in [-0.39, 0.29) is 12.1 Å². The maximum atomic E-state index is 4.95. The van der Waals surface area contributed by atoms with Crippen LogP contribution in [-0.4, -0.2) is 38.0 Å². The Bertz CT molecular complexity index is 1850. The number of rotatable bonds is 6. The van der Waals surface area contributed by atoms with Gasteiger partial charge < -0.3 is 25.5 Å². The number of benzene rings is 3. The highest BCUT2D eigenvalue weighted by molar-refractivity contribution is 5.78. The zero-order valence-corrected chi connectivity index (χ0v) is 25.3. The minimum Gasteiger partial charge on any atom is -0.357 e. The van der Waals surface area contributed by atoms with Crippen molar-refractivity contribution in [1.82, 2.24) is 35.6 Å². The molecular weight excluding hydrogens is 556 g/mol. The fourth-order valence-electron chi connectivity index (χ4n) is 7.84. The van der Waals surface area contributed by atoms with Crippen LogP contribution in [0.15, 0.2) is 85.1 Å². The number of fused-ring (bicyclic) bond motifs is 2. The van der Waals surface area contributed by atoms with Crippen molar-refractivity contribution in [3.8, 4) is 11.3 Å². The van der Waals surface area contributed by atoms with E-state index in [0.717, 1.165) is 83.7 Å². The summed E-state index contributed by atoms with van der Waals surface area (Å²) < 4.78 is 0. The number of nitrogens with zero attached hydrogens (tertiary/aromatic N) is 4. The summed E-state index contributed by atoms with van der Waals surface area (Å²) in [6, 6.07) is 29.8. The Balaban J connectivity index is 1.09. The normalized spacial score (nSPS) is 23.5. The zero-order valence-electron chi connectivity index (χ0n) is 25.3. The SMILES string of the molecule is c1ccc(-c2ccc(N3[C@@H](c4ccc5nc([C@@H]6CCCN6)[nH]c5c4)CC[C@H]3c3ccc4nc([C@@H]5CCCN5)[nH]c4c3)cc2)nc1. The van der Waals surface area contributed by atoms with E-state index in [1.165, 1.54) is 29.7 Å². The largest absolute Gasteiger partial charge is 0.357 e. The quantitative estimate of drug-likeness (QED) is 0.160. The van der Waals surface area contributed by atoms with Crippen molar-refractivity contribution >= 4 is 27.8 Å². The molecule has 6 heterocycles. The van der Waals surface area contributed by atoms with Crippen LogP contribution in [0.3, 0.4) is 0 Å².